The van der Waals surface area contributed by atoms with Gasteiger partial charge < -0.3 is 0 Å². The number of halogens is 1. The summed E-state index contributed by atoms with van der Waals surface area (Å²) >= 11 is 0.895. The van der Waals surface area contributed by atoms with Crippen molar-refractivity contribution in [2.75, 3.05) is 4.90 Å². The molecule has 0 N–H and O–H groups in total. The molecule has 2 aromatic rings. The molecule has 0 fully saturated rings. The van der Waals surface area contributed by atoms with Crippen LogP contribution < -0.4 is 4.90 Å². The van der Waals surface area contributed by atoms with E-state index in [1.54, 1.807) is 24.3 Å². The number of rotatable bonds is 2. The molecule has 18 heavy (non-hydrogen) atoms. The number of carbonyl (C=O) groups is 2. The lowest BCUT2D eigenvalue weighted by Gasteiger charge is -2.07. The van der Waals surface area contributed by atoms with E-state index in [2.05, 4.69) is 10.2 Å². The van der Waals surface area contributed by atoms with E-state index in [4.69, 9.17) is 0 Å². The highest BCUT2D eigenvalue weighted by Gasteiger charge is 2.38. The summed E-state index contributed by atoms with van der Waals surface area (Å²) in [6.07, 6.45) is 0. The van der Waals surface area contributed by atoms with Gasteiger partial charge in [-0.1, -0.05) is 23.5 Å². The van der Waals surface area contributed by atoms with Crippen LogP contribution in [0.5, 0.6) is 0 Å². The third-order valence-corrected chi connectivity index (χ3v) is 3.43. The van der Waals surface area contributed by atoms with Crippen LogP contribution >= 0.6 is 11.3 Å². The van der Waals surface area contributed by atoms with Gasteiger partial charge in [-0.05, 0) is 12.1 Å². The number of fused-ring (bicyclic) bond motifs is 1. The number of nitrogens with zero attached hydrogens (tertiary/aromatic N) is 3. The Morgan fingerprint density at radius 2 is 1.72 bits per heavy atom. The summed E-state index contributed by atoms with van der Waals surface area (Å²) in [6.45, 7) is -0.763. The molecule has 0 atom stereocenters. The molecule has 0 unspecified atom stereocenters. The standard InChI is InChI=1S/C11H6FN3O2S/c12-5-8-13-14-11(18-8)15-9(16)6-3-1-2-4-7(6)10(15)17/h1-4H,5H2. The Bertz CT molecular complexity index is 620. The number of benzene rings is 1. The molecule has 2 heterocycles. The molecule has 1 aliphatic heterocycles. The van der Waals surface area contributed by atoms with Gasteiger partial charge in [0.1, 0.15) is 11.7 Å². The normalized spacial score (nSPS) is 14.2. The van der Waals surface area contributed by atoms with E-state index in [-0.39, 0.29) is 10.1 Å². The van der Waals surface area contributed by atoms with Gasteiger partial charge >= 0.3 is 0 Å². The molecule has 0 aliphatic carbocycles. The maximum Gasteiger partial charge on any atom is 0.268 e. The highest BCUT2D eigenvalue weighted by molar-refractivity contribution is 7.15. The Morgan fingerprint density at radius 1 is 1.11 bits per heavy atom. The second kappa shape index (κ2) is 3.95. The molecule has 1 aliphatic rings. The molecule has 1 aromatic carbocycles. The maximum atomic E-state index is 12.4. The minimum Gasteiger partial charge on any atom is -0.268 e. The van der Waals surface area contributed by atoms with Crippen LogP contribution in [0.4, 0.5) is 9.52 Å². The predicted octanol–water partition coefficient (Wildman–Crippen LogP) is 1.81. The summed E-state index contributed by atoms with van der Waals surface area (Å²) in [7, 11) is 0. The molecular weight excluding hydrogens is 257 g/mol. The largest absolute Gasteiger partial charge is 0.268 e. The molecular formula is C11H6FN3O2S. The lowest BCUT2D eigenvalue weighted by atomic mass is 10.1. The van der Waals surface area contributed by atoms with Crippen molar-refractivity contribution in [1.29, 1.82) is 0 Å². The number of carbonyl (C=O) groups excluding carboxylic acids is 2. The van der Waals surface area contributed by atoms with Crippen LogP contribution in [0, 0.1) is 0 Å². The van der Waals surface area contributed by atoms with E-state index in [1.165, 1.54) is 0 Å². The quantitative estimate of drug-likeness (QED) is 0.775. The number of alkyl halides is 1. The van der Waals surface area contributed by atoms with Crippen LogP contribution in [0.1, 0.15) is 25.7 Å². The molecule has 0 bridgehead atoms. The van der Waals surface area contributed by atoms with Gasteiger partial charge in [0.05, 0.1) is 11.1 Å². The highest BCUT2D eigenvalue weighted by atomic mass is 32.1. The summed E-state index contributed by atoms with van der Waals surface area (Å²) in [5.41, 5.74) is 0.666. The van der Waals surface area contributed by atoms with E-state index in [1.807, 2.05) is 0 Å². The van der Waals surface area contributed by atoms with Crippen LogP contribution in [0.2, 0.25) is 0 Å². The number of aromatic nitrogens is 2. The van der Waals surface area contributed by atoms with Gasteiger partial charge in [-0.2, -0.15) is 0 Å². The smallest absolute Gasteiger partial charge is 0.268 e. The van der Waals surface area contributed by atoms with Crippen LogP contribution in [-0.4, -0.2) is 22.0 Å². The molecule has 0 radical (unpaired) electrons. The Hall–Kier alpha value is -2.15. The van der Waals surface area contributed by atoms with Crippen molar-refractivity contribution in [1.82, 2.24) is 10.2 Å². The predicted molar refractivity (Wildman–Crippen MR) is 62.3 cm³/mol. The molecule has 1 aromatic heterocycles. The van der Waals surface area contributed by atoms with Gasteiger partial charge in [0, 0.05) is 0 Å². The zero-order valence-corrected chi connectivity index (χ0v) is 9.78. The van der Waals surface area contributed by atoms with Gasteiger partial charge in [-0.15, -0.1) is 10.2 Å². The third kappa shape index (κ3) is 1.44. The van der Waals surface area contributed by atoms with E-state index in [0.717, 1.165) is 16.2 Å². The Labute approximate surface area is 105 Å². The van der Waals surface area contributed by atoms with Gasteiger partial charge in [-0.25, -0.2) is 9.29 Å². The van der Waals surface area contributed by atoms with Crippen molar-refractivity contribution < 1.29 is 14.0 Å². The van der Waals surface area contributed by atoms with E-state index >= 15 is 0 Å². The van der Waals surface area contributed by atoms with Crippen molar-refractivity contribution in [2.24, 2.45) is 0 Å². The van der Waals surface area contributed by atoms with Crippen molar-refractivity contribution in [3.63, 3.8) is 0 Å². The number of anilines is 1. The third-order valence-electron chi connectivity index (χ3n) is 2.56. The number of amides is 2. The molecule has 90 valence electrons. The van der Waals surface area contributed by atoms with E-state index in [0.29, 0.717) is 11.1 Å². The molecule has 0 saturated carbocycles. The fraction of sp³-hybridized carbons (Fsp3) is 0.0909. The second-order valence-corrected chi connectivity index (χ2v) is 4.64. The average Bonchev–Trinajstić information content (AvgIpc) is 2.95. The fourth-order valence-electron chi connectivity index (χ4n) is 1.75. The van der Waals surface area contributed by atoms with Crippen LogP contribution in [0.3, 0.4) is 0 Å². The Kier molecular flexibility index (Phi) is 2.41. The zero-order chi connectivity index (χ0) is 12.7. The van der Waals surface area contributed by atoms with Crippen molar-refractivity contribution in [2.45, 2.75) is 6.67 Å². The molecule has 5 nitrogen and oxygen atoms in total. The number of hydrogen-bond donors (Lipinski definition) is 0. The first-order chi connectivity index (χ1) is 8.72. The number of imide groups is 1. The topological polar surface area (TPSA) is 63.2 Å². The van der Waals surface area contributed by atoms with Crippen LogP contribution in [0.25, 0.3) is 0 Å². The zero-order valence-electron chi connectivity index (χ0n) is 8.96. The minimum atomic E-state index is -0.763. The SMILES string of the molecule is O=C1c2ccccc2C(=O)N1c1nnc(CF)s1. The summed E-state index contributed by atoms with van der Waals surface area (Å²) in [5.74, 6) is -0.894. The van der Waals surface area contributed by atoms with Crippen molar-refractivity contribution >= 4 is 28.3 Å². The van der Waals surface area contributed by atoms with Crippen LogP contribution in [-0.2, 0) is 6.67 Å². The summed E-state index contributed by atoms with van der Waals surface area (Å²) in [6, 6.07) is 6.51. The van der Waals surface area contributed by atoms with Gasteiger partial charge in [-0.3, -0.25) is 9.59 Å². The van der Waals surface area contributed by atoms with E-state index in [9.17, 15) is 14.0 Å². The molecule has 0 spiro atoms. The molecule has 7 heteroatoms. The molecule has 0 saturated heterocycles. The van der Waals surface area contributed by atoms with Gasteiger partial charge in [0.2, 0.25) is 5.13 Å². The summed E-state index contributed by atoms with van der Waals surface area (Å²) < 4.78 is 12.4. The first-order valence-corrected chi connectivity index (χ1v) is 5.90. The first kappa shape index (κ1) is 11.0. The maximum absolute atomic E-state index is 12.4. The summed E-state index contributed by atoms with van der Waals surface area (Å²) in [4.78, 5) is 25.0. The fourth-order valence-corrected chi connectivity index (χ4v) is 2.44. The van der Waals surface area contributed by atoms with Crippen LogP contribution in [0.15, 0.2) is 24.3 Å². The minimum absolute atomic E-state index is 0.105. The van der Waals surface area contributed by atoms with Crippen molar-refractivity contribution in [3.05, 3.63) is 40.4 Å². The highest BCUT2D eigenvalue weighted by Crippen LogP contribution is 2.30. The summed E-state index contributed by atoms with van der Waals surface area (Å²) in [5, 5.41) is 7.47. The molecule has 3 rings (SSSR count). The molecule has 2 amide bonds. The Morgan fingerprint density at radius 3 is 2.22 bits per heavy atom. The number of hydrogen-bond acceptors (Lipinski definition) is 5. The average molecular weight is 263 g/mol. The lowest BCUT2D eigenvalue weighted by Crippen LogP contribution is -2.29. The first-order valence-electron chi connectivity index (χ1n) is 5.08. The Balaban J connectivity index is 2.06. The monoisotopic (exact) mass is 263 g/mol. The van der Waals surface area contributed by atoms with Gasteiger partial charge in [0.25, 0.3) is 11.8 Å². The lowest BCUT2D eigenvalue weighted by molar-refractivity contribution is 0.0926. The van der Waals surface area contributed by atoms with E-state index < -0.39 is 18.5 Å². The second-order valence-electron chi connectivity index (χ2n) is 3.60. The van der Waals surface area contributed by atoms with Crippen molar-refractivity contribution in [3.8, 4) is 0 Å². The van der Waals surface area contributed by atoms with Gasteiger partial charge in [0.15, 0.2) is 0 Å².